The van der Waals surface area contributed by atoms with E-state index >= 15 is 0 Å². The second-order valence-corrected chi connectivity index (χ2v) is 9.08. The van der Waals surface area contributed by atoms with E-state index in [0.717, 1.165) is 11.1 Å². The number of piperidine rings is 1. The first-order valence-corrected chi connectivity index (χ1v) is 11.2. The van der Waals surface area contributed by atoms with Gasteiger partial charge in [0.25, 0.3) is 11.5 Å². The third-order valence-corrected chi connectivity index (χ3v) is 6.43. The standard InChI is InChI=1S/C25H24ClN3O4/c1-15-27-21-10-6-17(5-9-19(30)13-16-3-7-18(26)8-4-16)14-20(21)23(32)29(15)25(2)12-11-22(31)28-24(25)33/h3-4,6-8,10,14H,5,9,11-13H2,1-2H3,(H,28,31,33)/t25-/m0/s1. The number of amides is 2. The minimum absolute atomic E-state index is 0.0907. The van der Waals surface area contributed by atoms with Crippen molar-refractivity contribution in [2.75, 3.05) is 0 Å². The molecule has 33 heavy (non-hydrogen) atoms. The van der Waals surface area contributed by atoms with Crippen LogP contribution in [0.25, 0.3) is 10.9 Å². The predicted octanol–water partition coefficient (Wildman–Crippen LogP) is 3.25. The zero-order valence-corrected chi connectivity index (χ0v) is 19.2. The van der Waals surface area contributed by atoms with Gasteiger partial charge in [0.15, 0.2) is 0 Å². The molecule has 1 aliphatic heterocycles. The summed E-state index contributed by atoms with van der Waals surface area (Å²) in [4.78, 5) is 54.6. The Labute approximate surface area is 195 Å². The van der Waals surface area contributed by atoms with Gasteiger partial charge in [-0.25, -0.2) is 4.98 Å². The van der Waals surface area contributed by atoms with Gasteiger partial charge in [-0.1, -0.05) is 29.8 Å². The molecule has 2 aromatic carbocycles. The third kappa shape index (κ3) is 4.59. The Morgan fingerprint density at radius 2 is 1.82 bits per heavy atom. The number of hydrogen-bond acceptors (Lipinski definition) is 5. The smallest absolute Gasteiger partial charge is 0.262 e. The van der Waals surface area contributed by atoms with E-state index in [1.54, 1.807) is 38.1 Å². The van der Waals surface area contributed by atoms with Crippen LogP contribution < -0.4 is 10.9 Å². The third-order valence-electron chi connectivity index (χ3n) is 6.18. The second-order valence-electron chi connectivity index (χ2n) is 8.64. The Bertz CT molecular complexity index is 1330. The van der Waals surface area contributed by atoms with E-state index in [2.05, 4.69) is 10.3 Å². The summed E-state index contributed by atoms with van der Waals surface area (Å²) in [6.45, 7) is 3.33. The lowest BCUT2D eigenvalue weighted by Gasteiger charge is -2.34. The van der Waals surface area contributed by atoms with Gasteiger partial charge in [-0.05, 0) is 62.1 Å². The fourth-order valence-corrected chi connectivity index (χ4v) is 4.42. The summed E-state index contributed by atoms with van der Waals surface area (Å²) in [7, 11) is 0. The lowest BCUT2D eigenvalue weighted by Crippen LogP contribution is -2.56. The van der Waals surface area contributed by atoms with Crippen molar-refractivity contribution in [3.63, 3.8) is 0 Å². The molecule has 4 rings (SSSR count). The first-order valence-electron chi connectivity index (χ1n) is 10.8. The van der Waals surface area contributed by atoms with Gasteiger partial charge in [0.05, 0.1) is 10.9 Å². The number of rotatable bonds is 6. The van der Waals surface area contributed by atoms with Crippen molar-refractivity contribution in [2.45, 2.75) is 51.5 Å². The molecule has 1 N–H and O–H groups in total. The fourth-order valence-electron chi connectivity index (χ4n) is 4.29. The summed E-state index contributed by atoms with van der Waals surface area (Å²) in [6, 6.07) is 12.6. The minimum Gasteiger partial charge on any atom is -0.299 e. The van der Waals surface area contributed by atoms with Crippen molar-refractivity contribution in [3.8, 4) is 0 Å². The van der Waals surface area contributed by atoms with Crippen LogP contribution >= 0.6 is 11.6 Å². The van der Waals surface area contributed by atoms with E-state index in [9.17, 15) is 19.2 Å². The summed E-state index contributed by atoms with van der Waals surface area (Å²) in [6.07, 6.45) is 1.53. The zero-order valence-electron chi connectivity index (χ0n) is 18.5. The molecule has 8 heteroatoms. The molecule has 0 aliphatic carbocycles. The van der Waals surface area contributed by atoms with Crippen LogP contribution in [0.3, 0.4) is 0 Å². The SMILES string of the molecule is Cc1nc2ccc(CCC(=O)Cc3ccc(Cl)cc3)cc2c(=O)n1[C@@]1(C)CCC(=O)NC1=O. The number of imide groups is 1. The number of nitrogens with one attached hydrogen (secondary N) is 1. The Kier molecular flexibility index (Phi) is 6.17. The molecule has 1 saturated heterocycles. The van der Waals surface area contributed by atoms with E-state index in [1.807, 2.05) is 18.2 Å². The Hall–Kier alpha value is -3.32. The van der Waals surface area contributed by atoms with E-state index in [-0.39, 0.29) is 30.1 Å². The highest BCUT2D eigenvalue weighted by Crippen LogP contribution is 2.27. The number of aryl methyl sites for hydroxylation is 2. The number of carbonyl (C=O) groups excluding carboxylic acids is 3. The summed E-state index contributed by atoms with van der Waals surface area (Å²) < 4.78 is 1.38. The highest BCUT2D eigenvalue weighted by atomic mass is 35.5. The van der Waals surface area contributed by atoms with Gasteiger partial charge in [-0.3, -0.25) is 29.1 Å². The molecule has 0 saturated carbocycles. The van der Waals surface area contributed by atoms with Crippen LogP contribution in [0.4, 0.5) is 0 Å². The molecule has 2 amide bonds. The topological polar surface area (TPSA) is 98.1 Å². The lowest BCUT2D eigenvalue weighted by atomic mass is 9.90. The van der Waals surface area contributed by atoms with Gasteiger partial charge < -0.3 is 0 Å². The molecule has 170 valence electrons. The van der Waals surface area contributed by atoms with Crippen LogP contribution in [0.1, 0.15) is 43.1 Å². The van der Waals surface area contributed by atoms with Crippen LogP contribution in [0.15, 0.2) is 47.3 Å². The van der Waals surface area contributed by atoms with Crippen LogP contribution in [0.5, 0.6) is 0 Å². The number of ketones is 1. The maximum Gasteiger partial charge on any atom is 0.262 e. The maximum absolute atomic E-state index is 13.4. The van der Waals surface area contributed by atoms with Crippen molar-refractivity contribution < 1.29 is 14.4 Å². The Balaban J connectivity index is 1.58. The summed E-state index contributed by atoms with van der Waals surface area (Å²) >= 11 is 5.89. The normalized spacial score (nSPS) is 18.4. The van der Waals surface area contributed by atoms with Gasteiger partial charge >= 0.3 is 0 Å². The molecule has 0 spiro atoms. The molecule has 1 fully saturated rings. The number of aromatic nitrogens is 2. The quantitative estimate of drug-likeness (QED) is 0.563. The van der Waals surface area contributed by atoms with Crippen molar-refractivity contribution in [3.05, 3.63) is 74.8 Å². The van der Waals surface area contributed by atoms with Gasteiger partial charge in [0, 0.05) is 24.3 Å². The van der Waals surface area contributed by atoms with Gasteiger partial charge in [0.1, 0.15) is 17.1 Å². The van der Waals surface area contributed by atoms with E-state index in [0.29, 0.717) is 41.0 Å². The van der Waals surface area contributed by atoms with Crippen LogP contribution in [-0.4, -0.2) is 27.1 Å². The highest BCUT2D eigenvalue weighted by Gasteiger charge is 2.42. The van der Waals surface area contributed by atoms with Crippen molar-refractivity contribution in [1.82, 2.24) is 14.9 Å². The number of Topliss-reactive ketones (excluding diaryl/α,β-unsaturated/α-hetero) is 1. The van der Waals surface area contributed by atoms with E-state index in [4.69, 9.17) is 11.6 Å². The molecule has 0 unspecified atom stereocenters. The molecular weight excluding hydrogens is 442 g/mol. The monoisotopic (exact) mass is 465 g/mol. The highest BCUT2D eigenvalue weighted by molar-refractivity contribution is 6.30. The Morgan fingerprint density at radius 3 is 2.52 bits per heavy atom. The average Bonchev–Trinajstić information content (AvgIpc) is 2.77. The maximum atomic E-state index is 13.4. The molecular formula is C25H24ClN3O4. The number of hydrogen-bond donors (Lipinski definition) is 1. The first-order chi connectivity index (χ1) is 15.7. The van der Waals surface area contributed by atoms with Crippen LogP contribution in [0.2, 0.25) is 5.02 Å². The molecule has 0 bridgehead atoms. The van der Waals surface area contributed by atoms with Crippen molar-refractivity contribution >= 4 is 40.1 Å². The minimum atomic E-state index is -1.19. The van der Waals surface area contributed by atoms with Crippen LogP contribution in [0, 0.1) is 6.92 Å². The average molecular weight is 466 g/mol. The number of benzene rings is 2. The zero-order chi connectivity index (χ0) is 23.8. The van der Waals surface area contributed by atoms with Gasteiger partial charge in [-0.2, -0.15) is 0 Å². The lowest BCUT2D eigenvalue weighted by molar-refractivity contribution is -0.140. The molecule has 7 nitrogen and oxygen atoms in total. The number of nitrogens with zero attached hydrogens (tertiary/aromatic N) is 2. The van der Waals surface area contributed by atoms with E-state index < -0.39 is 11.4 Å². The Morgan fingerprint density at radius 1 is 1.12 bits per heavy atom. The van der Waals surface area contributed by atoms with Crippen LogP contribution in [-0.2, 0) is 32.8 Å². The summed E-state index contributed by atoms with van der Waals surface area (Å²) in [5, 5.41) is 3.34. The van der Waals surface area contributed by atoms with Crippen molar-refractivity contribution in [1.29, 1.82) is 0 Å². The number of carbonyl (C=O) groups is 3. The predicted molar refractivity (Wildman–Crippen MR) is 125 cm³/mol. The number of fused-ring (bicyclic) bond motifs is 1. The van der Waals surface area contributed by atoms with Crippen molar-refractivity contribution in [2.24, 2.45) is 0 Å². The summed E-state index contributed by atoms with van der Waals surface area (Å²) in [5.74, 6) is -0.352. The molecule has 1 atom stereocenters. The van der Waals surface area contributed by atoms with E-state index in [1.165, 1.54) is 4.57 Å². The molecule has 2 heterocycles. The molecule has 1 aliphatic rings. The second kappa shape index (κ2) is 8.90. The molecule has 0 radical (unpaired) electrons. The fraction of sp³-hybridized carbons (Fsp3) is 0.320. The molecule has 1 aromatic heterocycles. The van der Waals surface area contributed by atoms with Gasteiger partial charge in [-0.15, -0.1) is 0 Å². The van der Waals surface area contributed by atoms with Gasteiger partial charge in [0.2, 0.25) is 5.91 Å². The largest absolute Gasteiger partial charge is 0.299 e. The molecule has 3 aromatic rings. The summed E-state index contributed by atoms with van der Waals surface area (Å²) in [5.41, 5.74) is 0.748. The number of halogens is 1. The first kappa shape index (κ1) is 22.9.